The van der Waals surface area contributed by atoms with Gasteiger partial charge in [-0.2, -0.15) is 0 Å². The van der Waals surface area contributed by atoms with Crippen molar-refractivity contribution in [3.8, 4) is 0 Å². The van der Waals surface area contributed by atoms with Gasteiger partial charge >= 0.3 is 5.97 Å². The zero-order valence-electron chi connectivity index (χ0n) is 20.5. The fraction of sp³-hybridized carbons (Fsp3) is 0.207. The molecule has 5 rings (SSSR count). The number of anilines is 2. The first-order chi connectivity index (χ1) is 18.0. The van der Waals surface area contributed by atoms with Gasteiger partial charge in [-0.05, 0) is 42.3 Å². The standard InChI is InChI=1S/C29H28N4O4/c1-2-37-29(36)21-10-13-23-24(16-21)32-28(35)26(23)27(20-6-4-3-5-7-20)31-22-11-8-19(9-12-22)17-33-15-14-30-25(34)18-33/h3-13,16,31H,2,14-15,17-18H2,1H3,(H,30,34)(H,32,35)/b27-26-. The van der Waals surface area contributed by atoms with Crippen LogP contribution in [0.3, 0.4) is 0 Å². The molecule has 3 aromatic rings. The minimum Gasteiger partial charge on any atom is -0.462 e. The summed E-state index contributed by atoms with van der Waals surface area (Å²) in [4.78, 5) is 39.2. The molecule has 3 N–H and O–H groups in total. The lowest BCUT2D eigenvalue weighted by Crippen LogP contribution is -2.47. The van der Waals surface area contributed by atoms with Crippen molar-refractivity contribution in [3.05, 3.63) is 95.1 Å². The van der Waals surface area contributed by atoms with Crippen LogP contribution in [0.5, 0.6) is 0 Å². The predicted molar refractivity (Wildman–Crippen MR) is 143 cm³/mol. The number of piperazine rings is 1. The molecule has 3 aromatic carbocycles. The highest BCUT2D eigenvalue weighted by Gasteiger charge is 2.29. The number of fused-ring (bicyclic) bond motifs is 1. The van der Waals surface area contributed by atoms with Crippen LogP contribution in [-0.4, -0.2) is 48.9 Å². The maximum absolute atomic E-state index is 13.2. The Bertz CT molecular complexity index is 1370. The molecular formula is C29H28N4O4. The van der Waals surface area contributed by atoms with E-state index in [9.17, 15) is 14.4 Å². The number of esters is 1. The van der Waals surface area contributed by atoms with Gasteiger partial charge in [-0.25, -0.2) is 4.79 Å². The highest BCUT2D eigenvalue weighted by molar-refractivity contribution is 6.37. The molecule has 0 atom stereocenters. The van der Waals surface area contributed by atoms with Crippen molar-refractivity contribution in [2.75, 3.05) is 36.9 Å². The van der Waals surface area contributed by atoms with Gasteiger partial charge in [0, 0.05) is 30.9 Å². The fourth-order valence-electron chi connectivity index (χ4n) is 4.57. The van der Waals surface area contributed by atoms with Gasteiger partial charge in [0.2, 0.25) is 5.91 Å². The molecule has 2 amide bonds. The summed E-state index contributed by atoms with van der Waals surface area (Å²) in [6.45, 7) is 4.61. The van der Waals surface area contributed by atoms with Crippen molar-refractivity contribution in [3.63, 3.8) is 0 Å². The Kier molecular flexibility index (Phi) is 7.00. The van der Waals surface area contributed by atoms with E-state index in [0.717, 1.165) is 23.4 Å². The van der Waals surface area contributed by atoms with Crippen molar-refractivity contribution < 1.29 is 19.1 Å². The van der Waals surface area contributed by atoms with E-state index in [1.165, 1.54) is 0 Å². The van der Waals surface area contributed by atoms with E-state index in [2.05, 4.69) is 20.9 Å². The van der Waals surface area contributed by atoms with Crippen LogP contribution in [0.25, 0.3) is 11.3 Å². The van der Waals surface area contributed by atoms with Gasteiger partial charge in [0.15, 0.2) is 0 Å². The molecule has 0 unspecified atom stereocenters. The molecule has 0 bridgehead atoms. The van der Waals surface area contributed by atoms with Crippen molar-refractivity contribution in [2.45, 2.75) is 13.5 Å². The van der Waals surface area contributed by atoms with Crippen LogP contribution >= 0.6 is 0 Å². The van der Waals surface area contributed by atoms with E-state index in [4.69, 9.17) is 4.74 Å². The first-order valence-corrected chi connectivity index (χ1v) is 12.3. The van der Waals surface area contributed by atoms with Crippen LogP contribution in [0, 0.1) is 0 Å². The summed E-state index contributed by atoms with van der Waals surface area (Å²) in [5.74, 6) is -0.626. The Labute approximate surface area is 215 Å². The number of hydrogen-bond donors (Lipinski definition) is 3. The monoisotopic (exact) mass is 496 g/mol. The van der Waals surface area contributed by atoms with Crippen LogP contribution in [0.2, 0.25) is 0 Å². The Morgan fingerprint density at radius 1 is 1.00 bits per heavy atom. The molecule has 37 heavy (non-hydrogen) atoms. The lowest BCUT2D eigenvalue weighted by molar-refractivity contribution is -0.124. The molecule has 188 valence electrons. The minimum absolute atomic E-state index is 0.0492. The van der Waals surface area contributed by atoms with Crippen LogP contribution in [0.1, 0.15) is 34.0 Å². The van der Waals surface area contributed by atoms with Gasteiger partial charge in [0.25, 0.3) is 5.91 Å². The third kappa shape index (κ3) is 5.39. The summed E-state index contributed by atoms with van der Waals surface area (Å²) in [5.41, 5.74) is 5.63. The first-order valence-electron chi connectivity index (χ1n) is 12.3. The number of carbonyl (C=O) groups is 3. The van der Waals surface area contributed by atoms with Gasteiger partial charge in [-0.15, -0.1) is 0 Å². The molecule has 2 aliphatic rings. The predicted octanol–water partition coefficient (Wildman–Crippen LogP) is 3.73. The summed E-state index contributed by atoms with van der Waals surface area (Å²) < 4.78 is 5.10. The summed E-state index contributed by atoms with van der Waals surface area (Å²) >= 11 is 0. The SMILES string of the molecule is CCOC(=O)c1ccc2c(c1)NC(=O)/C2=C(\Nc1ccc(CN2CCNC(=O)C2)cc1)c1ccccc1. The Morgan fingerprint density at radius 2 is 1.78 bits per heavy atom. The molecule has 0 spiro atoms. The number of ether oxygens (including phenoxy) is 1. The van der Waals surface area contributed by atoms with E-state index in [1.807, 2.05) is 54.6 Å². The molecule has 2 aliphatic heterocycles. The second-order valence-corrected chi connectivity index (χ2v) is 8.93. The maximum Gasteiger partial charge on any atom is 0.338 e. The third-order valence-corrected chi connectivity index (χ3v) is 6.33. The number of hydrogen-bond acceptors (Lipinski definition) is 6. The number of amides is 2. The number of benzene rings is 3. The summed E-state index contributed by atoms with van der Waals surface area (Å²) in [7, 11) is 0. The van der Waals surface area contributed by atoms with Crippen molar-refractivity contribution in [2.24, 2.45) is 0 Å². The molecule has 0 radical (unpaired) electrons. The lowest BCUT2D eigenvalue weighted by Gasteiger charge is -2.26. The van der Waals surface area contributed by atoms with Crippen LogP contribution in [0.15, 0.2) is 72.8 Å². The molecular weight excluding hydrogens is 468 g/mol. The van der Waals surface area contributed by atoms with E-state index in [1.54, 1.807) is 25.1 Å². The van der Waals surface area contributed by atoms with Gasteiger partial charge in [0.05, 0.1) is 35.7 Å². The largest absolute Gasteiger partial charge is 0.462 e. The maximum atomic E-state index is 13.2. The molecule has 8 heteroatoms. The first kappa shape index (κ1) is 24.3. The van der Waals surface area contributed by atoms with Crippen LogP contribution < -0.4 is 16.0 Å². The molecule has 0 aliphatic carbocycles. The quantitative estimate of drug-likeness (QED) is 0.341. The van der Waals surface area contributed by atoms with E-state index >= 15 is 0 Å². The van der Waals surface area contributed by atoms with E-state index in [0.29, 0.717) is 47.7 Å². The Morgan fingerprint density at radius 3 is 2.51 bits per heavy atom. The average molecular weight is 497 g/mol. The smallest absolute Gasteiger partial charge is 0.338 e. The second-order valence-electron chi connectivity index (χ2n) is 8.93. The zero-order chi connectivity index (χ0) is 25.8. The number of carbonyl (C=O) groups excluding carboxylic acids is 3. The van der Waals surface area contributed by atoms with Gasteiger partial charge in [-0.1, -0.05) is 48.5 Å². The van der Waals surface area contributed by atoms with Gasteiger partial charge in [-0.3, -0.25) is 14.5 Å². The van der Waals surface area contributed by atoms with Crippen molar-refractivity contribution in [1.82, 2.24) is 10.2 Å². The lowest BCUT2D eigenvalue weighted by atomic mass is 9.99. The number of nitrogens with one attached hydrogen (secondary N) is 3. The average Bonchev–Trinajstić information content (AvgIpc) is 3.23. The summed E-state index contributed by atoms with van der Waals surface area (Å²) in [5, 5.41) is 9.19. The fourth-order valence-corrected chi connectivity index (χ4v) is 4.57. The van der Waals surface area contributed by atoms with Gasteiger partial charge < -0.3 is 20.7 Å². The number of nitrogens with zero attached hydrogens (tertiary/aromatic N) is 1. The Hall–Kier alpha value is -4.43. The molecule has 1 saturated heterocycles. The zero-order valence-corrected chi connectivity index (χ0v) is 20.5. The van der Waals surface area contributed by atoms with E-state index < -0.39 is 5.97 Å². The normalized spacial score (nSPS) is 16.5. The molecule has 8 nitrogen and oxygen atoms in total. The van der Waals surface area contributed by atoms with Crippen LogP contribution in [-0.2, 0) is 20.9 Å². The van der Waals surface area contributed by atoms with Crippen molar-refractivity contribution >= 4 is 40.4 Å². The van der Waals surface area contributed by atoms with Crippen LogP contribution in [0.4, 0.5) is 11.4 Å². The molecule has 0 saturated carbocycles. The Balaban J connectivity index is 1.45. The van der Waals surface area contributed by atoms with Gasteiger partial charge in [0.1, 0.15) is 0 Å². The number of rotatable bonds is 7. The molecule has 0 aromatic heterocycles. The highest BCUT2D eigenvalue weighted by atomic mass is 16.5. The highest BCUT2D eigenvalue weighted by Crippen LogP contribution is 2.38. The summed E-state index contributed by atoms with van der Waals surface area (Å²) in [6, 6.07) is 22.8. The minimum atomic E-state index is -0.427. The second kappa shape index (κ2) is 10.7. The van der Waals surface area contributed by atoms with E-state index in [-0.39, 0.29) is 18.4 Å². The third-order valence-electron chi connectivity index (χ3n) is 6.33. The summed E-state index contributed by atoms with van der Waals surface area (Å²) in [6.07, 6.45) is 0. The molecule has 2 heterocycles. The van der Waals surface area contributed by atoms with Crippen molar-refractivity contribution in [1.29, 1.82) is 0 Å². The topological polar surface area (TPSA) is 99.8 Å². The molecule has 1 fully saturated rings.